The first-order valence-corrected chi connectivity index (χ1v) is 9.93. The minimum absolute atomic E-state index is 0.240. The molecule has 8 heteroatoms. The molecular weight excluding hydrogens is 348 g/mol. The summed E-state index contributed by atoms with van der Waals surface area (Å²) < 4.78 is 0. The maximum atomic E-state index is 12.3. The van der Waals surface area contributed by atoms with Crippen molar-refractivity contribution in [1.29, 1.82) is 0 Å². The van der Waals surface area contributed by atoms with Gasteiger partial charge in [-0.2, -0.15) is 0 Å². The number of rotatable bonds is 6. The van der Waals surface area contributed by atoms with Crippen LogP contribution >= 0.6 is 34.0 Å². The highest BCUT2D eigenvalue weighted by atomic mass is 32.1. The lowest BCUT2D eigenvalue weighted by molar-refractivity contribution is 0.102. The van der Waals surface area contributed by atoms with Gasteiger partial charge in [-0.15, -0.1) is 32.9 Å². The molecule has 0 atom stereocenters. The standard InChI is InChI=1S/C15H16N4OS3/c1-3-9(4-2)13-18-19-15(23-13)17-12(20)10-8-22-14(16-10)11-6-5-7-21-11/h5-9H,3-4H2,1-2H3,(H,17,19,20). The van der Waals surface area contributed by atoms with E-state index in [0.29, 0.717) is 16.7 Å². The quantitative estimate of drug-likeness (QED) is 0.677. The SMILES string of the molecule is CCC(CC)c1nnc(NC(=O)c2csc(-c3cccs3)n2)s1. The topological polar surface area (TPSA) is 67.8 Å². The minimum atomic E-state index is -0.240. The van der Waals surface area contributed by atoms with E-state index in [1.165, 1.54) is 22.7 Å². The van der Waals surface area contributed by atoms with Gasteiger partial charge in [-0.05, 0) is 24.3 Å². The van der Waals surface area contributed by atoms with E-state index < -0.39 is 0 Å². The van der Waals surface area contributed by atoms with Crippen LogP contribution in [0, 0.1) is 0 Å². The summed E-state index contributed by atoms with van der Waals surface area (Å²) in [5.41, 5.74) is 0.415. The van der Waals surface area contributed by atoms with Crippen LogP contribution in [-0.4, -0.2) is 21.1 Å². The molecule has 0 spiro atoms. The number of amides is 1. The molecule has 0 saturated heterocycles. The van der Waals surface area contributed by atoms with Crippen molar-refractivity contribution < 1.29 is 4.79 Å². The van der Waals surface area contributed by atoms with Gasteiger partial charge in [0.25, 0.3) is 5.91 Å². The predicted molar refractivity (Wildman–Crippen MR) is 96.6 cm³/mol. The van der Waals surface area contributed by atoms with Gasteiger partial charge in [0.15, 0.2) is 0 Å². The molecule has 0 aliphatic heterocycles. The Hall–Kier alpha value is -1.64. The molecule has 0 radical (unpaired) electrons. The molecule has 1 N–H and O–H groups in total. The molecule has 0 aliphatic rings. The van der Waals surface area contributed by atoms with E-state index in [9.17, 15) is 4.79 Å². The van der Waals surface area contributed by atoms with Crippen molar-refractivity contribution in [3.05, 3.63) is 33.6 Å². The van der Waals surface area contributed by atoms with Crippen LogP contribution in [0.5, 0.6) is 0 Å². The smallest absolute Gasteiger partial charge is 0.276 e. The normalized spacial score (nSPS) is 11.1. The average Bonchev–Trinajstić information content (AvgIpc) is 3.29. The fourth-order valence-electron chi connectivity index (χ4n) is 2.14. The zero-order valence-electron chi connectivity index (χ0n) is 12.8. The lowest BCUT2D eigenvalue weighted by atomic mass is 10.1. The Morgan fingerprint density at radius 1 is 1.26 bits per heavy atom. The first-order valence-electron chi connectivity index (χ1n) is 7.35. The van der Waals surface area contributed by atoms with Gasteiger partial charge in [-0.1, -0.05) is 31.3 Å². The fraction of sp³-hybridized carbons (Fsp3) is 0.333. The lowest BCUT2D eigenvalue weighted by Gasteiger charge is -2.05. The summed E-state index contributed by atoms with van der Waals surface area (Å²) in [6.45, 7) is 4.27. The number of nitrogens with one attached hydrogen (secondary N) is 1. The average molecular weight is 365 g/mol. The van der Waals surface area contributed by atoms with Crippen LogP contribution in [0.1, 0.15) is 48.1 Å². The summed E-state index contributed by atoms with van der Waals surface area (Å²) in [6.07, 6.45) is 2.05. The van der Waals surface area contributed by atoms with Gasteiger partial charge < -0.3 is 0 Å². The number of anilines is 1. The van der Waals surface area contributed by atoms with Crippen LogP contribution in [0.2, 0.25) is 0 Å². The number of nitrogens with zero attached hydrogens (tertiary/aromatic N) is 3. The molecule has 3 aromatic heterocycles. The highest BCUT2D eigenvalue weighted by molar-refractivity contribution is 7.20. The number of aromatic nitrogens is 3. The summed E-state index contributed by atoms with van der Waals surface area (Å²) in [5, 5.41) is 17.2. The molecule has 120 valence electrons. The second kappa shape index (κ2) is 7.29. The second-order valence-corrected chi connectivity index (χ2v) is 7.74. The van der Waals surface area contributed by atoms with E-state index in [1.807, 2.05) is 17.5 Å². The third-order valence-electron chi connectivity index (χ3n) is 3.46. The summed E-state index contributed by atoms with van der Waals surface area (Å²) in [7, 11) is 0. The monoisotopic (exact) mass is 364 g/mol. The Balaban J connectivity index is 1.70. The van der Waals surface area contributed by atoms with Crippen molar-refractivity contribution >= 4 is 45.0 Å². The van der Waals surface area contributed by atoms with Gasteiger partial charge in [0.1, 0.15) is 15.7 Å². The fourth-order valence-corrected chi connectivity index (χ4v) is 4.76. The van der Waals surface area contributed by atoms with Crippen molar-refractivity contribution in [2.75, 3.05) is 5.32 Å². The maximum absolute atomic E-state index is 12.3. The van der Waals surface area contributed by atoms with Crippen LogP contribution in [0.25, 0.3) is 9.88 Å². The number of carbonyl (C=O) groups excluding carboxylic acids is 1. The first-order chi connectivity index (χ1) is 11.2. The van der Waals surface area contributed by atoms with Crippen LogP contribution in [0.3, 0.4) is 0 Å². The van der Waals surface area contributed by atoms with Gasteiger partial charge in [0.2, 0.25) is 5.13 Å². The van der Waals surface area contributed by atoms with Gasteiger partial charge in [-0.3, -0.25) is 10.1 Å². The van der Waals surface area contributed by atoms with Crippen LogP contribution < -0.4 is 5.32 Å². The molecule has 0 unspecified atom stereocenters. The van der Waals surface area contributed by atoms with E-state index in [1.54, 1.807) is 16.7 Å². The van der Waals surface area contributed by atoms with E-state index in [-0.39, 0.29) is 5.91 Å². The molecular formula is C15H16N4OS3. The number of hydrogen-bond donors (Lipinski definition) is 1. The number of thiophene rings is 1. The van der Waals surface area contributed by atoms with Crippen molar-refractivity contribution in [2.45, 2.75) is 32.6 Å². The molecule has 5 nitrogen and oxygen atoms in total. The van der Waals surface area contributed by atoms with E-state index in [2.05, 4.69) is 34.3 Å². The van der Waals surface area contributed by atoms with Gasteiger partial charge in [0, 0.05) is 11.3 Å². The Morgan fingerprint density at radius 2 is 2.09 bits per heavy atom. The number of thiazole rings is 1. The molecule has 23 heavy (non-hydrogen) atoms. The van der Waals surface area contributed by atoms with Crippen molar-refractivity contribution in [3.8, 4) is 9.88 Å². The predicted octanol–water partition coefficient (Wildman–Crippen LogP) is 4.88. The lowest BCUT2D eigenvalue weighted by Crippen LogP contribution is -2.12. The van der Waals surface area contributed by atoms with Crippen LogP contribution in [-0.2, 0) is 0 Å². The third kappa shape index (κ3) is 3.65. The zero-order valence-corrected chi connectivity index (χ0v) is 15.2. The third-order valence-corrected chi connectivity index (χ3v) is 6.35. The molecule has 0 bridgehead atoms. The zero-order chi connectivity index (χ0) is 16.2. The molecule has 0 fully saturated rings. The largest absolute Gasteiger partial charge is 0.295 e. The van der Waals surface area contributed by atoms with E-state index in [0.717, 1.165) is 27.7 Å². The van der Waals surface area contributed by atoms with Crippen molar-refractivity contribution in [2.24, 2.45) is 0 Å². The molecule has 0 saturated carbocycles. The molecule has 1 amide bonds. The van der Waals surface area contributed by atoms with Gasteiger partial charge in [-0.25, -0.2) is 4.98 Å². The molecule has 3 aromatic rings. The first kappa shape index (κ1) is 16.2. The molecule has 3 heterocycles. The summed E-state index contributed by atoms with van der Waals surface area (Å²) in [6, 6.07) is 3.97. The summed E-state index contributed by atoms with van der Waals surface area (Å²) >= 11 is 4.52. The number of carbonyl (C=O) groups is 1. The maximum Gasteiger partial charge on any atom is 0.276 e. The van der Waals surface area contributed by atoms with E-state index >= 15 is 0 Å². The van der Waals surface area contributed by atoms with Crippen molar-refractivity contribution in [3.63, 3.8) is 0 Å². The Labute approximate surface area is 146 Å². The van der Waals surface area contributed by atoms with Crippen molar-refractivity contribution in [1.82, 2.24) is 15.2 Å². The minimum Gasteiger partial charge on any atom is -0.295 e. The van der Waals surface area contributed by atoms with Gasteiger partial charge in [0.05, 0.1) is 4.88 Å². The molecule has 3 rings (SSSR count). The second-order valence-electron chi connectivity index (χ2n) is 4.93. The molecule has 0 aromatic carbocycles. The van der Waals surface area contributed by atoms with E-state index in [4.69, 9.17) is 0 Å². The Morgan fingerprint density at radius 3 is 2.78 bits per heavy atom. The Kier molecular flexibility index (Phi) is 5.14. The Bertz CT molecular complexity index is 774. The van der Waals surface area contributed by atoms with Crippen LogP contribution in [0.15, 0.2) is 22.9 Å². The van der Waals surface area contributed by atoms with Gasteiger partial charge >= 0.3 is 0 Å². The summed E-state index contributed by atoms with van der Waals surface area (Å²) in [5.74, 6) is 0.166. The highest BCUT2D eigenvalue weighted by Crippen LogP contribution is 2.30. The summed E-state index contributed by atoms with van der Waals surface area (Å²) in [4.78, 5) is 17.8. The highest BCUT2D eigenvalue weighted by Gasteiger charge is 2.17. The van der Waals surface area contributed by atoms with Crippen LogP contribution in [0.4, 0.5) is 5.13 Å². The number of hydrogen-bond acceptors (Lipinski definition) is 7. The molecule has 0 aliphatic carbocycles.